The first-order valence-corrected chi connectivity index (χ1v) is 10.1. The van der Waals surface area contributed by atoms with Crippen molar-refractivity contribution in [3.63, 3.8) is 0 Å². The van der Waals surface area contributed by atoms with E-state index in [1.807, 2.05) is 56.3 Å². The minimum atomic E-state index is -0.138. The van der Waals surface area contributed by atoms with Crippen molar-refractivity contribution in [3.8, 4) is 0 Å². The number of carbonyl (C=O) groups excluding carboxylic acids is 2. The van der Waals surface area contributed by atoms with E-state index in [1.54, 1.807) is 0 Å². The Balaban J connectivity index is 1.91. The van der Waals surface area contributed by atoms with Gasteiger partial charge < -0.3 is 9.47 Å². The topological polar surface area (TPSA) is 52.6 Å². The maximum atomic E-state index is 11.7. The molecule has 0 heterocycles. The molecule has 1 aromatic carbocycles. The molecule has 0 aromatic heterocycles. The van der Waals surface area contributed by atoms with E-state index in [9.17, 15) is 9.59 Å². The molecule has 0 spiro atoms. The Morgan fingerprint density at radius 1 is 0.852 bits per heavy atom. The molecule has 0 aliphatic rings. The summed E-state index contributed by atoms with van der Waals surface area (Å²) in [5.41, 5.74) is 1.10. The van der Waals surface area contributed by atoms with E-state index >= 15 is 0 Å². The maximum absolute atomic E-state index is 11.7. The quantitative estimate of drug-likeness (QED) is 0.316. The monoisotopic (exact) mass is 374 g/mol. The average Bonchev–Trinajstić information content (AvgIpc) is 2.66. The molecule has 0 N–H and O–H groups in total. The average molecular weight is 375 g/mol. The number of carbonyl (C=O) groups is 2. The molecule has 27 heavy (non-hydrogen) atoms. The number of esters is 2. The van der Waals surface area contributed by atoms with Gasteiger partial charge in [0.2, 0.25) is 0 Å². The highest BCUT2D eigenvalue weighted by Crippen LogP contribution is 2.10. The molecular weight excluding hydrogens is 340 g/mol. The van der Waals surface area contributed by atoms with Crippen molar-refractivity contribution in [2.24, 2.45) is 5.92 Å². The summed E-state index contributed by atoms with van der Waals surface area (Å²) in [4.78, 5) is 23.1. The Hall–Kier alpha value is -2.10. The summed E-state index contributed by atoms with van der Waals surface area (Å²) >= 11 is 0. The van der Waals surface area contributed by atoms with Gasteiger partial charge in [0.25, 0.3) is 0 Å². The smallest absolute Gasteiger partial charge is 0.306 e. The fourth-order valence-corrected chi connectivity index (χ4v) is 2.54. The lowest BCUT2D eigenvalue weighted by Crippen LogP contribution is -2.09. The molecule has 1 aromatic rings. The Labute approximate surface area is 163 Å². The lowest BCUT2D eigenvalue weighted by molar-refractivity contribution is -0.145. The van der Waals surface area contributed by atoms with E-state index in [-0.39, 0.29) is 11.9 Å². The van der Waals surface area contributed by atoms with Crippen LogP contribution in [0.25, 0.3) is 6.08 Å². The normalized spacial score (nSPS) is 11.1. The minimum absolute atomic E-state index is 0.0900. The molecule has 0 aliphatic carbocycles. The Kier molecular flexibility index (Phi) is 12.7. The molecule has 0 radical (unpaired) electrons. The summed E-state index contributed by atoms with van der Waals surface area (Å²) in [6.45, 7) is 4.90. The van der Waals surface area contributed by atoms with Gasteiger partial charge in [-0.3, -0.25) is 9.59 Å². The van der Waals surface area contributed by atoms with Crippen LogP contribution in [0.15, 0.2) is 36.4 Å². The van der Waals surface area contributed by atoms with E-state index < -0.39 is 0 Å². The zero-order valence-corrected chi connectivity index (χ0v) is 16.8. The van der Waals surface area contributed by atoms with Gasteiger partial charge in [0.1, 0.15) is 6.61 Å². The largest absolute Gasteiger partial charge is 0.465 e. The minimum Gasteiger partial charge on any atom is -0.465 e. The van der Waals surface area contributed by atoms with Crippen molar-refractivity contribution in [3.05, 3.63) is 42.0 Å². The number of hydrogen-bond donors (Lipinski definition) is 0. The highest BCUT2D eigenvalue weighted by atomic mass is 16.5. The fourth-order valence-electron chi connectivity index (χ4n) is 2.54. The molecular formula is C23H34O4. The third-order valence-corrected chi connectivity index (χ3v) is 4.04. The number of benzene rings is 1. The third-order valence-electron chi connectivity index (χ3n) is 4.04. The second kappa shape index (κ2) is 15.0. The summed E-state index contributed by atoms with van der Waals surface area (Å²) in [6.07, 6.45) is 10.8. The lowest BCUT2D eigenvalue weighted by Gasteiger charge is -2.07. The van der Waals surface area contributed by atoms with Crippen molar-refractivity contribution < 1.29 is 19.1 Å². The molecule has 0 unspecified atom stereocenters. The van der Waals surface area contributed by atoms with Crippen LogP contribution >= 0.6 is 0 Å². The van der Waals surface area contributed by atoms with Gasteiger partial charge in [0.15, 0.2) is 0 Å². The molecule has 4 nitrogen and oxygen atoms in total. The number of rotatable bonds is 14. The number of ether oxygens (including phenoxy) is 2. The van der Waals surface area contributed by atoms with E-state index in [2.05, 4.69) is 0 Å². The first-order chi connectivity index (χ1) is 13.1. The maximum Gasteiger partial charge on any atom is 0.306 e. The summed E-state index contributed by atoms with van der Waals surface area (Å²) in [5, 5.41) is 0. The Bertz CT molecular complexity index is 549. The van der Waals surface area contributed by atoms with Gasteiger partial charge in [-0.25, -0.2) is 0 Å². The highest BCUT2D eigenvalue weighted by Gasteiger charge is 2.04. The van der Waals surface area contributed by atoms with Crippen LogP contribution in [0.4, 0.5) is 0 Å². The first-order valence-electron chi connectivity index (χ1n) is 10.1. The molecule has 0 saturated heterocycles. The van der Waals surface area contributed by atoms with Gasteiger partial charge in [0, 0.05) is 12.8 Å². The van der Waals surface area contributed by atoms with Crippen LogP contribution < -0.4 is 0 Å². The van der Waals surface area contributed by atoms with Crippen molar-refractivity contribution >= 4 is 18.0 Å². The Morgan fingerprint density at radius 2 is 1.41 bits per heavy atom. The molecule has 0 saturated carbocycles. The summed E-state index contributed by atoms with van der Waals surface area (Å²) in [7, 11) is 0. The van der Waals surface area contributed by atoms with Crippen molar-refractivity contribution in [2.45, 2.75) is 65.2 Å². The Morgan fingerprint density at radius 3 is 2.00 bits per heavy atom. The van der Waals surface area contributed by atoms with E-state index in [0.29, 0.717) is 32.0 Å². The van der Waals surface area contributed by atoms with Crippen LogP contribution in [0.2, 0.25) is 0 Å². The molecule has 0 amide bonds. The van der Waals surface area contributed by atoms with Gasteiger partial charge in [-0.05, 0) is 30.4 Å². The molecule has 150 valence electrons. The molecule has 0 bridgehead atoms. The zero-order valence-electron chi connectivity index (χ0n) is 16.8. The van der Waals surface area contributed by atoms with Gasteiger partial charge >= 0.3 is 11.9 Å². The highest BCUT2D eigenvalue weighted by molar-refractivity contribution is 5.69. The van der Waals surface area contributed by atoms with Gasteiger partial charge in [-0.15, -0.1) is 0 Å². The van der Waals surface area contributed by atoms with E-state index in [0.717, 1.165) is 44.1 Å². The van der Waals surface area contributed by atoms with Crippen molar-refractivity contribution in [1.29, 1.82) is 0 Å². The molecule has 0 aliphatic heterocycles. The van der Waals surface area contributed by atoms with E-state index in [4.69, 9.17) is 9.47 Å². The molecule has 0 atom stereocenters. The predicted octanol–water partition coefficient (Wildman–Crippen LogP) is 5.56. The first kappa shape index (κ1) is 22.9. The molecule has 4 heteroatoms. The second-order valence-corrected chi connectivity index (χ2v) is 7.19. The molecule has 1 rings (SSSR count). The fraction of sp³-hybridized carbons (Fsp3) is 0.565. The van der Waals surface area contributed by atoms with Crippen LogP contribution in [-0.4, -0.2) is 25.2 Å². The lowest BCUT2D eigenvalue weighted by atomic mass is 10.1. The van der Waals surface area contributed by atoms with Gasteiger partial charge in [0.05, 0.1) is 6.61 Å². The van der Waals surface area contributed by atoms with E-state index in [1.165, 1.54) is 0 Å². The van der Waals surface area contributed by atoms with Crippen LogP contribution in [0, 0.1) is 5.92 Å². The number of unbranched alkanes of at least 4 members (excludes halogenated alkanes) is 5. The van der Waals surface area contributed by atoms with Crippen LogP contribution in [0.1, 0.15) is 70.8 Å². The van der Waals surface area contributed by atoms with Crippen molar-refractivity contribution in [2.75, 3.05) is 13.2 Å². The molecule has 0 fully saturated rings. The van der Waals surface area contributed by atoms with Gasteiger partial charge in [-0.2, -0.15) is 0 Å². The van der Waals surface area contributed by atoms with Crippen LogP contribution in [-0.2, 0) is 19.1 Å². The number of hydrogen-bond acceptors (Lipinski definition) is 4. The van der Waals surface area contributed by atoms with Crippen molar-refractivity contribution in [1.82, 2.24) is 0 Å². The SMILES string of the molecule is CC(C)COC(=O)CCCCCCCCC(=O)OC/C=C/c1ccccc1. The summed E-state index contributed by atoms with van der Waals surface area (Å²) in [6, 6.07) is 9.94. The second-order valence-electron chi connectivity index (χ2n) is 7.19. The van der Waals surface area contributed by atoms with Crippen LogP contribution in [0.5, 0.6) is 0 Å². The third kappa shape index (κ3) is 13.7. The van der Waals surface area contributed by atoms with Crippen LogP contribution in [0.3, 0.4) is 0 Å². The van der Waals surface area contributed by atoms with Gasteiger partial charge in [-0.1, -0.05) is 75.9 Å². The zero-order chi connectivity index (χ0) is 19.7. The standard InChI is InChI=1S/C23H34O4/c1-20(2)19-27-23(25)17-11-6-4-3-5-10-16-22(24)26-18-12-15-21-13-8-7-9-14-21/h7-9,12-15,20H,3-6,10-11,16-19H2,1-2H3/b15-12+. The predicted molar refractivity (Wildman–Crippen MR) is 109 cm³/mol. The summed E-state index contributed by atoms with van der Waals surface area (Å²) in [5.74, 6) is 0.161. The summed E-state index contributed by atoms with van der Waals surface area (Å²) < 4.78 is 10.3.